The zero-order chi connectivity index (χ0) is 22.2. The van der Waals surface area contributed by atoms with Gasteiger partial charge in [0, 0.05) is 57.1 Å². The first kappa shape index (κ1) is 21.9. The third-order valence-corrected chi connectivity index (χ3v) is 6.76. The number of rotatable bonds is 4. The summed E-state index contributed by atoms with van der Waals surface area (Å²) in [5.41, 5.74) is 2.02. The standard InChI is InChI=1S/C23H30F2N4O2/c1-16-18(12-27(2)26-16)10-21(31)29-8-6-23(7-9-29)11-19(30)14-28(15-23)13-17-4-3-5-20(24)22(17)25/h3-5,12,19,30H,6-11,13-15H2,1-2H3. The number of β-amino-alcohol motifs (C(OH)–C–C–N with tert-alkyl or cyclic N) is 1. The number of amides is 1. The van der Waals surface area contributed by atoms with Gasteiger partial charge in [0.15, 0.2) is 11.6 Å². The van der Waals surface area contributed by atoms with Gasteiger partial charge in [0.2, 0.25) is 5.91 Å². The van der Waals surface area contributed by atoms with Crippen LogP contribution in [0, 0.1) is 24.0 Å². The van der Waals surface area contributed by atoms with Crippen LogP contribution in [0.25, 0.3) is 0 Å². The molecule has 168 valence electrons. The van der Waals surface area contributed by atoms with E-state index in [2.05, 4.69) is 5.10 Å². The van der Waals surface area contributed by atoms with E-state index in [9.17, 15) is 18.7 Å². The van der Waals surface area contributed by atoms with Gasteiger partial charge in [-0.15, -0.1) is 0 Å². The van der Waals surface area contributed by atoms with E-state index in [1.54, 1.807) is 10.7 Å². The lowest BCUT2D eigenvalue weighted by molar-refractivity contribution is -0.134. The molecule has 0 aliphatic carbocycles. The van der Waals surface area contributed by atoms with Crippen molar-refractivity contribution in [2.24, 2.45) is 12.5 Å². The number of halogens is 2. The summed E-state index contributed by atoms with van der Waals surface area (Å²) in [5.74, 6) is -1.57. The molecule has 1 aromatic carbocycles. The summed E-state index contributed by atoms with van der Waals surface area (Å²) in [4.78, 5) is 16.7. The molecule has 3 heterocycles. The average Bonchev–Trinajstić information content (AvgIpc) is 3.02. The van der Waals surface area contributed by atoms with E-state index in [1.807, 2.05) is 30.0 Å². The molecule has 6 nitrogen and oxygen atoms in total. The van der Waals surface area contributed by atoms with Gasteiger partial charge >= 0.3 is 0 Å². The minimum Gasteiger partial charge on any atom is -0.392 e. The third kappa shape index (κ3) is 4.80. The molecule has 2 saturated heterocycles. The Hall–Kier alpha value is -2.32. The number of aliphatic hydroxyl groups is 1. The molecule has 2 aliphatic heterocycles. The maximum Gasteiger partial charge on any atom is 0.227 e. The second kappa shape index (κ2) is 8.67. The van der Waals surface area contributed by atoms with E-state index in [4.69, 9.17) is 0 Å². The van der Waals surface area contributed by atoms with Crippen LogP contribution in [0.3, 0.4) is 0 Å². The summed E-state index contributed by atoms with van der Waals surface area (Å²) < 4.78 is 29.4. The first-order valence-electron chi connectivity index (χ1n) is 10.8. The van der Waals surface area contributed by atoms with Gasteiger partial charge in [-0.1, -0.05) is 12.1 Å². The van der Waals surface area contributed by atoms with Gasteiger partial charge < -0.3 is 10.0 Å². The molecular formula is C23H30F2N4O2. The number of likely N-dealkylation sites (tertiary alicyclic amines) is 2. The fourth-order valence-corrected chi connectivity index (χ4v) is 5.19. The Morgan fingerprint density at radius 2 is 2.00 bits per heavy atom. The molecule has 4 rings (SSSR count). The second-order valence-corrected chi connectivity index (χ2v) is 9.21. The minimum absolute atomic E-state index is 0.0981. The maximum absolute atomic E-state index is 14.1. The molecular weight excluding hydrogens is 402 g/mol. The highest BCUT2D eigenvalue weighted by molar-refractivity contribution is 5.79. The number of carbonyl (C=O) groups excluding carboxylic acids is 1. The van der Waals surface area contributed by atoms with Crippen molar-refractivity contribution in [3.05, 3.63) is 52.9 Å². The predicted octanol–water partition coefficient (Wildman–Crippen LogP) is 2.42. The Kier molecular flexibility index (Phi) is 6.12. The Labute approximate surface area is 181 Å². The van der Waals surface area contributed by atoms with Crippen LogP contribution in [0.2, 0.25) is 0 Å². The molecule has 1 N–H and O–H groups in total. The summed E-state index contributed by atoms with van der Waals surface area (Å²) in [6, 6.07) is 4.22. The highest BCUT2D eigenvalue weighted by Gasteiger charge is 2.42. The fourth-order valence-electron chi connectivity index (χ4n) is 5.19. The number of hydrogen-bond acceptors (Lipinski definition) is 4. The Morgan fingerprint density at radius 3 is 2.68 bits per heavy atom. The normalized spacial score (nSPS) is 21.6. The van der Waals surface area contributed by atoms with E-state index < -0.39 is 17.7 Å². The summed E-state index contributed by atoms with van der Waals surface area (Å²) in [6.07, 6.45) is 4.00. The zero-order valence-corrected chi connectivity index (χ0v) is 18.2. The van der Waals surface area contributed by atoms with Crippen molar-refractivity contribution >= 4 is 5.91 Å². The molecule has 0 radical (unpaired) electrons. The molecule has 2 aromatic rings. The Bertz CT molecular complexity index is 953. The highest BCUT2D eigenvalue weighted by atomic mass is 19.2. The van der Waals surface area contributed by atoms with Crippen molar-refractivity contribution in [3.63, 3.8) is 0 Å². The minimum atomic E-state index is -0.847. The summed E-state index contributed by atoms with van der Waals surface area (Å²) in [7, 11) is 1.85. The molecule has 0 saturated carbocycles. The monoisotopic (exact) mass is 432 g/mol. The lowest BCUT2D eigenvalue weighted by Gasteiger charge is -2.49. The molecule has 1 unspecified atom stereocenters. The molecule has 1 atom stereocenters. The number of aryl methyl sites for hydroxylation is 2. The summed E-state index contributed by atoms with van der Waals surface area (Å²) in [6.45, 7) is 4.63. The zero-order valence-electron chi connectivity index (χ0n) is 18.2. The van der Waals surface area contributed by atoms with Crippen molar-refractivity contribution in [1.82, 2.24) is 19.6 Å². The van der Waals surface area contributed by atoms with Gasteiger partial charge in [-0.3, -0.25) is 14.4 Å². The van der Waals surface area contributed by atoms with E-state index in [0.29, 0.717) is 44.6 Å². The van der Waals surface area contributed by atoms with Crippen LogP contribution < -0.4 is 0 Å². The number of piperidine rings is 2. The number of nitrogens with zero attached hydrogens (tertiary/aromatic N) is 4. The highest BCUT2D eigenvalue weighted by Crippen LogP contribution is 2.40. The van der Waals surface area contributed by atoms with Crippen molar-refractivity contribution in [2.45, 2.75) is 45.3 Å². The molecule has 1 aromatic heterocycles. The maximum atomic E-state index is 14.1. The average molecular weight is 433 g/mol. The number of aliphatic hydroxyl groups excluding tert-OH is 1. The number of aromatic nitrogens is 2. The van der Waals surface area contributed by atoms with Gasteiger partial charge in [-0.2, -0.15) is 5.10 Å². The van der Waals surface area contributed by atoms with Crippen LogP contribution in [-0.2, 0) is 24.8 Å². The SMILES string of the molecule is Cc1nn(C)cc1CC(=O)N1CCC2(CC1)CC(O)CN(Cc1cccc(F)c1F)C2. The Morgan fingerprint density at radius 1 is 1.26 bits per heavy atom. The van der Waals surface area contributed by atoms with E-state index in [-0.39, 0.29) is 17.9 Å². The molecule has 1 spiro atoms. The van der Waals surface area contributed by atoms with E-state index >= 15 is 0 Å². The first-order valence-corrected chi connectivity index (χ1v) is 10.8. The largest absolute Gasteiger partial charge is 0.392 e. The van der Waals surface area contributed by atoms with Crippen molar-refractivity contribution in [3.8, 4) is 0 Å². The molecule has 8 heteroatoms. The molecule has 2 fully saturated rings. The lowest BCUT2D eigenvalue weighted by Crippen LogP contribution is -2.54. The van der Waals surface area contributed by atoms with E-state index in [1.165, 1.54) is 6.07 Å². The third-order valence-electron chi connectivity index (χ3n) is 6.76. The van der Waals surface area contributed by atoms with Gasteiger partial charge in [0.25, 0.3) is 0 Å². The first-order chi connectivity index (χ1) is 14.7. The van der Waals surface area contributed by atoms with Gasteiger partial charge in [-0.25, -0.2) is 8.78 Å². The van der Waals surface area contributed by atoms with Crippen LogP contribution in [0.4, 0.5) is 8.78 Å². The second-order valence-electron chi connectivity index (χ2n) is 9.21. The molecule has 31 heavy (non-hydrogen) atoms. The Balaban J connectivity index is 1.38. The fraction of sp³-hybridized carbons (Fsp3) is 0.565. The smallest absolute Gasteiger partial charge is 0.227 e. The lowest BCUT2D eigenvalue weighted by atomic mass is 9.71. The van der Waals surface area contributed by atoms with Crippen molar-refractivity contribution < 1.29 is 18.7 Å². The number of hydrogen-bond donors (Lipinski definition) is 1. The van der Waals surface area contributed by atoms with Crippen molar-refractivity contribution in [2.75, 3.05) is 26.2 Å². The summed E-state index contributed by atoms with van der Waals surface area (Å²) >= 11 is 0. The number of benzene rings is 1. The van der Waals surface area contributed by atoms with Gasteiger partial charge in [0.1, 0.15) is 0 Å². The summed E-state index contributed by atoms with van der Waals surface area (Å²) in [5, 5.41) is 14.8. The van der Waals surface area contributed by atoms with Crippen LogP contribution in [0.15, 0.2) is 24.4 Å². The quantitative estimate of drug-likeness (QED) is 0.806. The van der Waals surface area contributed by atoms with Crippen LogP contribution in [0.5, 0.6) is 0 Å². The predicted molar refractivity (Wildman–Crippen MR) is 112 cm³/mol. The molecule has 0 bridgehead atoms. The number of carbonyl (C=O) groups is 1. The topological polar surface area (TPSA) is 61.6 Å². The van der Waals surface area contributed by atoms with Crippen LogP contribution in [0.1, 0.15) is 36.1 Å². The van der Waals surface area contributed by atoms with Crippen molar-refractivity contribution in [1.29, 1.82) is 0 Å². The van der Waals surface area contributed by atoms with Gasteiger partial charge in [-0.05, 0) is 37.7 Å². The van der Waals surface area contributed by atoms with Crippen LogP contribution >= 0.6 is 0 Å². The molecule has 1 amide bonds. The van der Waals surface area contributed by atoms with E-state index in [0.717, 1.165) is 30.2 Å². The molecule has 2 aliphatic rings. The van der Waals surface area contributed by atoms with Crippen LogP contribution in [-0.4, -0.2) is 62.9 Å². The van der Waals surface area contributed by atoms with Gasteiger partial charge in [0.05, 0.1) is 18.2 Å².